The van der Waals surface area contributed by atoms with E-state index < -0.39 is 0 Å². The molecule has 0 aromatic heterocycles. The molecule has 1 aliphatic heterocycles. The summed E-state index contributed by atoms with van der Waals surface area (Å²) in [5.74, 6) is -0.517. The summed E-state index contributed by atoms with van der Waals surface area (Å²) < 4.78 is 0. The van der Waals surface area contributed by atoms with Crippen molar-refractivity contribution in [2.24, 2.45) is 5.92 Å². The van der Waals surface area contributed by atoms with Gasteiger partial charge in [0, 0.05) is 19.5 Å². The van der Waals surface area contributed by atoms with E-state index >= 15 is 0 Å². The number of halogens is 1. The second-order valence-electron chi connectivity index (χ2n) is 6.06. The van der Waals surface area contributed by atoms with Gasteiger partial charge in [-0.25, -0.2) is 0 Å². The van der Waals surface area contributed by atoms with Crippen LogP contribution in [0.15, 0.2) is 48.5 Å². The average Bonchev–Trinajstić information content (AvgIpc) is 2.96. The highest BCUT2D eigenvalue weighted by Gasteiger charge is 2.35. The van der Waals surface area contributed by atoms with Crippen molar-refractivity contribution in [1.29, 1.82) is 0 Å². The summed E-state index contributed by atoms with van der Waals surface area (Å²) in [7, 11) is 0. The molecular formula is C19H19ClN2O2. The third-order valence-corrected chi connectivity index (χ3v) is 4.55. The maximum absolute atomic E-state index is 12.4. The van der Waals surface area contributed by atoms with Crippen LogP contribution in [0.4, 0.5) is 5.69 Å². The van der Waals surface area contributed by atoms with Gasteiger partial charge in [0.05, 0.1) is 16.6 Å². The molecule has 1 N–H and O–H groups in total. The number of rotatable bonds is 4. The van der Waals surface area contributed by atoms with E-state index in [0.29, 0.717) is 23.8 Å². The standard InChI is InChI=1S/C19H19ClN2O2/c1-13-6-8-14(9-7-13)11-21-19(24)15-10-18(23)22(12-15)17-5-3-2-4-16(17)20/h2-9,15H,10-12H2,1H3,(H,21,24)/t15-/m1/s1. The summed E-state index contributed by atoms with van der Waals surface area (Å²) >= 11 is 6.16. The van der Waals surface area contributed by atoms with Crippen LogP contribution in [0.25, 0.3) is 0 Å². The van der Waals surface area contributed by atoms with Gasteiger partial charge in [-0.3, -0.25) is 9.59 Å². The molecule has 5 heteroatoms. The molecule has 0 aliphatic carbocycles. The molecular weight excluding hydrogens is 324 g/mol. The van der Waals surface area contributed by atoms with Crippen LogP contribution in [-0.4, -0.2) is 18.4 Å². The molecule has 2 aromatic rings. The van der Waals surface area contributed by atoms with E-state index in [0.717, 1.165) is 5.56 Å². The minimum atomic E-state index is -0.348. The first kappa shape index (κ1) is 16.5. The van der Waals surface area contributed by atoms with Gasteiger partial charge in [0.15, 0.2) is 0 Å². The number of amides is 2. The van der Waals surface area contributed by atoms with E-state index in [1.165, 1.54) is 5.56 Å². The highest BCUT2D eigenvalue weighted by atomic mass is 35.5. The highest BCUT2D eigenvalue weighted by Crippen LogP contribution is 2.31. The van der Waals surface area contributed by atoms with Crippen LogP contribution >= 0.6 is 11.6 Å². The minimum Gasteiger partial charge on any atom is -0.352 e. The monoisotopic (exact) mass is 342 g/mol. The maximum Gasteiger partial charge on any atom is 0.227 e. The quantitative estimate of drug-likeness (QED) is 0.926. The fraction of sp³-hybridized carbons (Fsp3) is 0.263. The van der Waals surface area contributed by atoms with E-state index in [2.05, 4.69) is 5.32 Å². The number of anilines is 1. The zero-order valence-electron chi connectivity index (χ0n) is 13.5. The molecule has 0 bridgehead atoms. The molecule has 1 heterocycles. The Morgan fingerprint density at radius 2 is 1.92 bits per heavy atom. The van der Waals surface area contributed by atoms with E-state index in [1.807, 2.05) is 43.3 Å². The van der Waals surface area contributed by atoms with Crippen molar-refractivity contribution in [1.82, 2.24) is 5.32 Å². The largest absolute Gasteiger partial charge is 0.352 e. The van der Waals surface area contributed by atoms with Gasteiger partial charge < -0.3 is 10.2 Å². The normalized spacial score (nSPS) is 17.2. The molecule has 1 atom stereocenters. The Morgan fingerprint density at radius 3 is 2.62 bits per heavy atom. The van der Waals surface area contributed by atoms with Crippen LogP contribution in [0.1, 0.15) is 17.5 Å². The van der Waals surface area contributed by atoms with Crippen molar-refractivity contribution in [3.05, 3.63) is 64.7 Å². The Kier molecular flexibility index (Phi) is 4.86. The first-order valence-corrected chi connectivity index (χ1v) is 8.30. The minimum absolute atomic E-state index is 0.0708. The Bertz CT molecular complexity index is 758. The Labute approximate surface area is 146 Å². The Morgan fingerprint density at radius 1 is 1.21 bits per heavy atom. The number of carbonyl (C=O) groups excluding carboxylic acids is 2. The van der Waals surface area contributed by atoms with Crippen LogP contribution in [-0.2, 0) is 16.1 Å². The lowest BCUT2D eigenvalue weighted by Crippen LogP contribution is -2.32. The fourth-order valence-electron chi connectivity index (χ4n) is 2.83. The fourth-order valence-corrected chi connectivity index (χ4v) is 3.06. The number of nitrogens with one attached hydrogen (secondary N) is 1. The smallest absolute Gasteiger partial charge is 0.227 e. The molecule has 2 aromatic carbocycles. The first-order chi connectivity index (χ1) is 11.5. The van der Waals surface area contributed by atoms with Crippen LogP contribution < -0.4 is 10.2 Å². The number of nitrogens with zero attached hydrogens (tertiary/aromatic N) is 1. The number of benzene rings is 2. The summed E-state index contributed by atoms with van der Waals surface area (Å²) in [6, 6.07) is 15.2. The summed E-state index contributed by atoms with van der Waals surface area (Å²) in [5.41, 5.74) is 2.89. The van der Waals surface area contributed by atoms with Crippen molar-refractivity contribution < 1.29 is 9.59 Å². The molecule has 4 nitrogen and oxygen atoms in total. The van der Waals surface area contributed by atoms with Crippen LogP contribution in [0.3, 0.4) is 0 Å². The lowest BCUT2D eigenvalue weighted by atomic mass is 10.1. The lowest BCUT2D eigenvalue weighted by molar-refractivity contribution is -0.126. The predicted octanol–water partition coefficient (Wildman–Crippen LogP) is 3.32. The summed E-state index contributed by atoms with van der Waals surface area (Å²) in [6.07, 6.45) is 0.213. The molecule has 24 heavy (non-hydrogen) atoms. The molecule has 124 valence electrons. The highest BCUT2D eigenvalue weighted by molar-refractivity contribution is 6.33. The summed E-state index contributed by atoms with van der Waals surface area (Å²) in [6.45, 7) is 2.86. The van der Waals surface area contributed by atoms with Gasteiger partial charge in [0.2, 0.25) is 11.8 Å². The lowest BCUT2D eigenvalue weighted by Gasteiger charge is -2.18. The number of hydrogen-bond donors (Lipinski definition) is 1. The van der Waals surface area contributed by atoms with Crippen molar-refractivity contribution in [2.45, 2.75) is 19.9 Å². The van der Waals surface area contributed by atoms with Crippen LogP contribution in [0.5, 0.6) is 0 Å². The molecule has 1 fully saturated rings. The van der Waals surface area contributed by atoms with Gasteiger partial charge in [-0.15, -0.1) is 0 Å². The van der Waals surface area contributed by atoms with E-state index in [-0.39, 0.29) is 24.2 Å². The van der Waals surface area contributed by atoms with E-state index in [4.69, 9.17) is 11.6 Å². The van der Waals surface area contributed by atoms with Gasteiger partial charge in [0.1, 0.15) is 0 Å². The van der Waals surface area contributed by atoms with Crippen LogP contribution in [0.2, 0.25) is 5.02 Å². The van der Waals surface area contributed by atoms with Crippen molar-refractivity contribution in [3.8, 4) is 0 Å². The molecule has 0 spiro atoms. The number of para-hydroxylation sites is 1. The maximum atomic E-state index is 12.4. The molecule has 0 saturated carbocycles. The van der Waals surface area contributed by atoms with Crippen molar-refractivity contribution >= 4 is 29.1 Å². The zero-order valence-corrected chi connectivity index (χ0v) is 14.2. The first-order valence-electron chi connectivity index (χ1n) is 7.93. The third-order valence-electron chi connectivity index (χ3n) is 4.23. The topological polar surface area (TPSA) is 49.4 Å². The Hall–Kier alpha value is -2.33. The second kappa shape index (κ2) is 7.05. The molecule has 3 rings (SSSR count). The van der Waals surface area contributed by atoms with Gasteiger partial charge >= 0.3 is 0 Å². The zero-order chi connectivity index (χ0) is 17.1. The van der Waals surface area contributed by atoms with Gasteiger partial charge in [-0.2, -0.15) is 0 Å². The van der Waals surface area contributed by atoms with E-state index in [9.17, 15) is 9.59 Å². The molecule has 1 aliphatic rings. The van der Waals surface area contributed by atoms with Crippen LogP contribution in [0, 0.1) is 12.8 Å². The second-order valence-corrected chi connectivity index (χ2v) is 6.47. The Balaban J connectivity index is 1.62. The third kappa shape index (κ3) is 3.60. The van der Waals surface area contributed by atoms with Crippen molar-refractivity contribution in [3.63, 3.8) is 0 Å². The van der Waals surface area contributed by atoms with Crippen molar-refractivity contribution in [2.75, 3.05) is 11.4 Å². The number of carbonyl (C=O) groups is 2. The van der Waals surface area contributed by atoms with Gasteiger partial charge in [-0.05, 0) is 24.6 Å². The molecule has 0 unspecified atom stereocenters. The van der Waals surface area contributed by atoms with Gasteiger partial charge in [0.25, 0.3) is 0 Å². The molecule has 2 amide bonds. The SMILES string of the molecule is Cc1ccc(CNC(=O)[C@@H]2CC(=O)N(c3ccccc3Cl)C2)cc1. The van der Waals surface area contributed by atoms with Gasteiger partial charge in [-0.1, -0.05) is 53.6 Å². The number of aryl methyl sites for hydroxylation is 1. The molecule has 1 saturated heterocycles. The summed E-state index contributed by atoms with van der Waals surface area (Å²) in [5, 5.41) is 3.44. The average molecular weight is 343 g/mol. The number of hydrogen-bond acceptors (Lipinski definition) is 2. The summed E-state index contributed by atoms with van der Waals surface area (Å²) in [4.78, 5) is 26.2. The van der Waals surface area contributed by atoms with E-state index in [1.54, 1.807) is 17.0 Å². The molecule has 0 radical (unpaired) electrons. The predicted molar refractivity (Wildman–Crippen MR) is 94.9 cm³/mol.